The summed E-state index contributed by atoms with van der Waals surface area (Å²) in [6, 6.07) is 9.99. The van der Waals surface area contributed by atoms with E-state index in [-0.39, 0.29) is 20.9 Å². The van der Waals surface area contributed by atoms with Crippen molar-refractivity contribution in [2.45, 2.75) is 89.8 Å². The number of hydrogen-bond donors (Lipinski definition) is 1. The van der Waals surface area contributed by atoms with Gasteiger partial charge in [0.05, 0.1) is 0 Å². The molecule has 0 spiro atoms. The van der Waals surface area contributed by atoms with Crippen molar-refractivity contribution in [3.05, 3.63) is 40.9 Å². The second kappa shape index (κ2) is 13.1. The Morgan fingerprint density at radius 2 is 1.56 bits per heavy atom. The van der Waals surface area contributed by atoms with Crippen LogP contribution in [0.1, 0.15) is 77.6 Å². The second-order valence-corrected chi connectivity index (χ2v) is 9.69. The van der Waals surface area contributed by atoms with Gasteiger partial charge in [0.25, 0.3) is 0 Å². The van der Waals surface area contributed by atoms with Crippen molar-refractivity contribution in [3.8, 4) is 0 Å². The number of aliphatic hydroxyl groups is 1. The van der Waals surface area contributed by atoms with Gasteiger partial charge in [-0.1, -0.05) is 26.2 Å². The molecular formula is C23H34O3Se. The number of ether oxygens (including phenoxy) is 1. The Bertz CT molecular complexity index is 570. The van der Waals surface area contributed by atoms with Crippen LogP contribution in [0, 0.1) is 0 Å². The quantitative estimate of drug-likeness (QED) is 0.265. The first-order valence-electron chi connectivity index (χ1n) is 10.5. The summed E-state index contributed by atoms with van der Waals surface area (Å²) in [6.07, 6.45) is 14.3. The fourth-order valence-corrected chi connectivity index (χ4v) is 5.17. The summed E-state index contributed by atoms with van der Waals surface area (Å²) in [5.41, 5.74) is 0. The molecular weight excluding hydrogens is 403 g/mol. The van der Waals surface area contributed by atoms with E-state index in [1.54, 1.807) is 0 Å². The van der Waals surface area contributed by atoms with Crippen LogP contribution in [0.25, 0.3) is 0 Å². The molecule has 1 aromatic carbocycles. The first-order chi connectivity index (χ1) is 13.2. The minimum atomic E-state index is -0.577. The van der Waals surface area contributed by atoms with Crippen LogP contribution in [0.2, 0.25) is 0 Å². The van der Waals surface area contributed by atoms with Crippen LogP contribution in [-0.4, -0.2) is 38.2 Å². The molecule has 4 heteroatoms. The van der Waals surface area contributed by atoms with Crippen molar-refractivity contribution >= 4 is 25.4 Å². The van der Waals surface area contributed by atoms with Crippen LogP contribution in [0.3, 0.4) is 0 Å². The van der Waals surface area contributed by atoms with E-state index < -0.39 is 12.2 Å². The molecule has 0 bridgehead atoms. The maximum atomic E-state index is 12.0. The maximum absolute atomic E-state index is 12.0. The number of carbonyl (C=O) groups is 1. The molecule has 0 aromatic heterocycles. The summed E-state index contributed by atoms with van der Waals surface area (Å²) in [6.45, 7) is 2.25. The van der Waals surface area contributed by atoms with Crippen molar-refractivity contribution in [1.82, 2.24) is 0 Å². The Kier molecular flexibility index (Phi) is 10.8. The van der Waals surface area contributed by atoms with E-state index in [0.29, 0.717) is 6.42 Å². The molecule has 2 atom stereocenters. The second-order valence-electron chi connectivity index (χ2n) is 7.35. The number of unbranched alkanes of at least 4 members (excludes halogenated alkanes) is 9. The molecule has 0 saturated heterocycles. The third-order valence-electron chi connectivity index (χ3n) is 4.96. The Morgan fingerprint density at radius 1 is 0.963 bits per heavy atom. The summed E-state index contributed by atoms with van der Waals surface area (Å²) in [5, 5.41) is 10.4. The average molecular weight is 437 g/mol. The van der Waals surface area contributed by atoms with Crippen molar-refractivity contribution < 1.29 is 14.6 Å². The molecule has 0 saturated carbocycles. The van der Waals surface area contributed by atoms with Gasteiger partial charge in [-0.15, -0.1) is 0 Å². The van der Waals surface area contributed by atoms with Gasteiger partial charge in [-0.3, -0.25) is 0 Å². The van der Waals surface area contributed by atoms with E-state index >= 15 is 0 Å². The number of hydrogen-bond acceptors (Lipinski definition) is 3. The topological polar surface area (TPSA) is 46.5 Å². The fraction of sp³-hybridized carbons (Fsp3) is 0.609. The van der Waals surface area contributed by atoms with Crippen molar-refractivity contribution in [2.24, 2.45) is 0 Å². The molecule has 1 aliphatic heterocycles. The predicted molar refractivity (Wildman–Crippen MR) is 112 cm³/mol. The van der Waals surface area contributed by atoms with E-state index in [1.165, 1.54) is 51.4 Å². The van der Waals surface area contributed by atoms with Crippen LogP contribution in [0.5, 0.6) is 0 Å². The van der Waals surface area contributed by atoms with E-state index in [1.807, 2.05) is 36.4 Å². The van der Waals surface area contributed by atoms with E-state index in [4.69, 9.17) is 4.74 Å². The summed E-state index contributed by atoms with van der Waals surface area (Å²) in [5.74, 6) is -0.258. The molecule has 1 heterocycles. The standard InChI is InChI=1S/C23H34O3Se/c1-2-3-4-5-6-7-8-9-10-14-17-20(24)21-18-22(23(25)26-21)27-19-15-12-11-13-16-19/h11-13,15-16,18,20-21,24H,2-10,14,17H2,1H3/t20-,21+/m1/s1. The van der Waals surface area contributed by atoms with Gasteiger partial charge < -0.3 is 0 Å². The van der Waals surface area contributed by atoms with Crippen molar-refractivity contribution in [3.63, 3.8) is 0 Å². The summed E-state index contributed by atoms with van der Waals surface area (Å²) < 4.78 is 7.26. The number of esters is 1. The zero-order chi connectivity index (χ0) is 19.3. The Labute approximate surface area is 170 Å². The van der Waals surface area contributed by atoms with Crippen LogP contribution >= 0.6 is 0 Å². The molecule has 2 rings (SSSR count). The van der Waals surface area contributed by atoms with Gasteiger partial charge in [-0.2, -0.15) is 0 Å². The molecule has 27 heavy (non-hydrogen) atoms. The van der Waals surface area contributed by atoms with Crippen LogP contribution in [0.4, 0.5) is 0 Å². The zero-order valence-electron chi connectivity index (χ0n) is 16.6. The van der Waals surface area contributed by atoms with Gasteiger partial charge >= 0.3 is 144 Å². The van der Waals surface area contributed by atoms with E-state index in [2.05, 4.69) is 6.92 Å². The number of cyclic esters (lactones) is 1. The monoisotopic (exact) mass is 438 g/mol. The Balaban J connectivity index is 1.58. The SMILES string of the molecule is CCCCCCCCCCCC[C@@H](O)[C@@H]1C=C([Se]c2ccccc2)C(=O)O1. The molecule has 0 unspecified atom stereocenters. The number of benzene rings is 1. The van der Waals surface area contributed by atoms with Crippen LogP contribution in [0.15, 0.2) is 40.9 Å². The molecule has 1 N–H and O–H groups in total. The Morgan fingerprint density at radius 3 is 2.19 bits per heavy atom. The molecule has 1 aromatic rings. The molecule has 0 fully saturated rings. The summed E-state index contributed by atoms with van der Waals surface area (Å²) in [4.78, 5) is 12.0. The van der Waals surface area contributed by atoms with Gasteiger partial charge in [0, 0.05) is 0 Å². The molecule has 150 valence electrons. The van der Waals surface area contributed by atoms with Crippen LogP contribution in [-0.2, 0) is 9.53 Å². The van der Waals surface area contributed by atoms with Crippen molar-refractivity contribution in [1.29, 1.82) is 0 Å². The summed E-state index contributed by atoms with van der Waals surface area (Å²) in [7, 11) is 0. The van der Waals surface area contributed by atoms with E-state index in [0.717, 1.165) is 21.8 Å². The molecule has 0 radical (unpaired) electrons. The molecule has 0 aliphatic carbocycles. The normalized spacial score (nSPS) is 17.6. The number of carbonyl (C=O) groups excluding carboxylic acids is 1. The number of aliphatic hydroxyl groups excluding tert-OH is 1. The van der Waals surface area contributed by atoms with Gasteiger partial charge in [0.2, 0.25) is 0 Å². The zero-order valence-corrected chi connectivity index (χ0v) is 18.3. The van der Waals surface area contributed by atoms with Gasteiger partial charge in [0.1, 0.15) is 0 Å². The number of rotatable bonds is 14. The van der Waals surface area contributed by atoms with E-state index in [9.17, 15) is 9.90 Å². The van der Waals surface area contributed by atoms with Crippen LogP contribution < -0.4 is 4.46 Å². The third kappa shape index (κ3) is 8.64. The Hall–Kier alpha value is -1.09. The average Bonchev–Trinajstić information content (AvgIpc) is 3.04. The van der Waals surface area contributed by atoms with Gasteiger partial charge in [-0.05, 0) is 0 Å². The molecule has 3 nitrogen and oxygen atoms in total. The fourth-order valence-electron chi connectivity index (χ4n) is 3.32. The van der Waals surface area contributed by atoms with Gasteiger partial charge in [0.15, 0.2) is 0 Å². The van der Waals surface area contributed by atoms with Crippen molar-refractivity contribution in [2.75, 3.05) is 0 Å². The minimum absolute atomic E-state index is 0.0516. The third-order valence-corrected chi connectivity index (χ3v) is 7.13. The first-order valence-corrected chi connectivity index (χ1v) is 12.3. The first kappa shape index (κ1) is 22.2. The molecule has 0 amide bonds. The molecule has 1 aliphatic rings. The predicted octanol–water partition coefficient (Wildman–Crippen LogP) is 4.50. The summed E-state index contributed by atoms with van der Waals surface area (Å²) >= 11 is -0.0516. The van der Waals surface area contributed by atoms with Gasteiger partial charge in [-0.25, -0.2) is 0 Å².